The van der Waals surface area contributed by atoms with Crippen LogP contribution >= 0.6 is 35.3 Å². The third-order valence-corrected chi connectivity index (χ3v) is 8.23. The van der Waals surface area contributed by atoms with Crippen molar-refractivity contribution in [2.45, 2.75) is 17.7 Å². The van der Waals surface area contributed by atoms with Gasteiger partial charge in [0, 0.05) is 19.5 Å². The summed E-state index contributed by atoms with van der Waals surface area (Å²) in [5.74, 6) is 0.314. The maximum atomic E-state index is 13.1. The van der Waals surface area contributed by atoms with Crippen molar-refractivity contribution in [2.24, 2.45) is 0 Å². The van der Waals surface area contributed by atoms with Crippen molar-refractivity contribution in [3.8, 4) is 5.75 Å². The van der Waals surface area contributed by atoms with Gasteiger partial charge in [-0.25, -0.2) is 13.4 Å². The maximum Gasteiger partial charge on any atom is 0.228 e. The number of carbonyl (C=O) groups excluding carboxylic acids is 1. The van der Waals surface area contributed by atoms with Gasteiger partial charge in [-0.1, -0.05) is 41.1 Å². The van der Waals surface area contributed by atoms with Crippen LogP contribution in [0.2, 0.25) is 5.02 Å². The highest BCUT2D eigenvalue weighted by molar-refractivity contribution is 7.91. The highest BCUT2D eigenvalue weighted by atomic mass is 35.5. The molecule has 0 fully saturated rings. The molecule has 1 heterocycles. The Bertz CT molecular complexity index is 1190. The first-order valence-corrected chi connectivity index (χ1v) is 12.9. The number of methoxy groups -OCH3 is 1. The average Bonchev–Trinajstić information content (AvgIpc) is 3.20. The van der Waals surface area contributed by atoms with Gasteiger partial charge in [0.15, 0.2) is 15.0 Å². The van der Waals surface area contributed by atoms with Crippen molar-refractivity contribution in [3.63, 3.8) is 0 Å². The second-order valence-electron chi connectivity index (χ2n) is 7.51. The first kappa shape index (κ1) is 27.3. The number of nitrogens with zero attached hydrogens (tertiary/aromatic N) is 3. The molecular weight excluding hydrogens is 505 g/mol. The smallest absolute Gasteiger partial charge is 0.228 e. The molecule has 33 heavy (non-hydrogen) atoms. The second-order valence-corrected chi connectivity index (χ2v) is 11.0. The number of hydrogen-bond acceptors (Lipinski definition) is 7. The summed E-state index contributed by atoms with van der Waals surface area (Å²) >= 11 is 7.66. The first-order valence-electron chi connectivity index (χ1n) is 10.1. The van der Waals surface area contributed by atoms with Crippen LogP contribution in [0.25, 0.3) is 10.2 Å². The molecule has 1 aromatic heterocycles. The molecule has 7 nitrogen and oxygen atoms in total. The minimum atomic E-state index is -3.43. The number of hydrogen-bond donors (Lipinski definition) is 0. The highest BCUT2D eigenvalue weighted by Crippen LogP contribution is 2.38. The minimum Gasteiger partial charge on any atom is -0.494 e. The number of sulfone groups is 1. The second kappa shape index (κ2) is 12.0. The number of fused-ring (bicyclic) bond motifs is 1. The number of carbonyl (C=O) groups is 1. The average molecular weight is 533 g/mol. The Kier molecular flexibility index (Phi) is 9.93. The molecule has 0 aliphatic rings. The molecule has 0 bridgehead atoms. The van der Waals surface area contributed by atoms with E-state index in [1.807, 2.05) is 19.0 Å². The fourth-order valence-corrected chi connectivity index (χ4v) is 5.77. The molecule has 0 saturated heterocycles. The van der Waals surface area contributed by atoms with E-state index in [0.29, 0.717) is 34.5 Å². The Balaban J connectivity index is 0.00000385. The van der Waals surface area contributed by atoms with Gasteiger partial charge in [-0.05, 0) is 44.8 Å². The van der Waals surface area contributed by atoms with Crippen LogP contribution < -0.4 is 9.64 Å². The van der Waals surface area contributed by atoms with Crippen LogP contribution in [0.5, 0.6) is 5.75 Å². The fraction of sp³-hybridized carbons (Fsp3) is 0.364. The summed E-state index contributed by atoms with van der Waals surface area (Å²) in [6.45, 7) is 1.06. The zero-order chi connectivity index (χ0) is 23.3. The lowest BCUT2D eigenvalue weighted by atomic mass is 10.3. The molecule has 0 saturated carbocycles. The Morgan fingerprint density at radius 1 is 1.12 bits per heavy atom. The molecule has 0 spiro atoms. The molecule has 0 radical (unpaired) electrons. The molecular formula is C22H27Cl2N3O4S2. The van der Waals surface area contributed by atoms with Crippen LogP contribution in [0.4, 0.5) is 5.13 Å². The Hall–Kier alpha value is -1.91. The topological polar surface area (TPSA) is 79.8 Å². The fourth-order valence-electron chi connectivity index (χ4n) is 3.14. The minimum absolute atomic E-state index is 0. The largest absolute Gasteiger partial charge is 0.494 e. The molecule has 2 aromatic carbocycles. The molecule has 11 heteroatoms. The third-order valence-electron chi connectivity index (χ3n) is 4.88. The molecule has 0 aliphatic carbocycles. The summed E-state index contributed by atoms with van der Waals surface area (Å²) in [7, 11) is 1.97. The number of aromatic nitrogens is 1. The number of rotatable bonds is 10. The zero-order valence-corrected chi connectivity index (χ0v) is 21.9. The van der Waals surface area contributed by atoms with E-state index in [9.17, 15) is 13.2 Å². The van der Waals surface area contributed by atoms with E-state index in [1.165, 1.54) is 11.3 Å². The normalized spacial score (nSPS) is 11.4. The van der Waals surface area contributed by atoms with E-state index in [4.69, 9.17) is 16.3 Å². The van der Waals surface area contributed by atoms with Crippen molar-refractivity contribution in [2.75, 3.05) is 44.9 Å². The van der Waals surface area contributed by atoms with Crippen molar-refractivity contribution >= 4 is 66.4 Å². The van der Waals surface area contributed by atoms with Crippen LogP contribution in [-0.4, -0.2) is 64.3 Å². The van der Waals surface area contributed by atoms with Gasteiger partial charge in [-0.2, -0.15) is 0 Å². The van der Waals surface area contributed by atoms with Crippen LogP contribution in [-0.2, 0) is 14.6 Å². The lowest BCUT2D eigenvalue weighted by molar-refractivity contribution is -0.118. The van der Waals surface area contributed by atoms with Gasteiger partial charge >= 0.3 is 0 Å². The number of ether oxygens (including phenoxy) is 1. The van der Waals surface area contributed by atoms with Crippen molar-refractivity contribution in [1.29, 1.82) is 0 Å². The lowest BCUT2D eigenvalue weighted by Crippen LogP contribution is -2.36. The number of likely N-dealkylation sites (N-methyl/N-ethyl adjacent to an activating group) is 1. The molecule has 0 aliphatic heterocycles. The van der Waals surface area contributed by atoms with Gasteiger partial charge in [0.05, 0.1) is 27.5 Å². The highest BCUT2D eigenvalue weighted by Gasteiger charge is 2.23. The van der Waals surface area contributed by atoms with Crippen molar-refractivity contribution in [1.82, 2.24) is 9.88 Å². The van der Waals surface area contributed by atoms with Gasteiger partial charge in [0.1, 0.15) is 11.3 Å². The number of anilines is 1. The van der Waals surface area contributed by atoms with Crippen LogP contribution in [0.3, 0.4) is 0 Å². The number of halogens is 2. The Labute approximate surface area is 209 Å². The summed E-state index contributed by atoms with van der Waals surface area (Å²) in [5, 5.41) is 1.06. The number of amides is 1. The van der Waals surface area contributed by atoms with Gasteiger partial charge in [-0.3, -0.25) is 9.69 Å². The predicted octanol–water partition coefficient (Wildman–Crippen LogP) is 4.53. The van der Waals surface area contributed by atoms with Crippen LogP contribution in [0, 0.1) is 0 Å². The molecule has 0 N–H and O–H groups in total. The molecule has 1 amide bonds. The molecule has 3 aromatic rings. The number of thiazole rings is 1. The van der Waals surface area contributed by atoms with Crippen molar-refractivity contribution in [3.05, 3.63) is 47.5 Å². The van der Waals surface area contributed by atoms with E-state index in [-0.39, 0.29) is 41.8 Å². The maximum absolute atomic E-state index is 13.1. The Morgan fingerprint density at radius 3 is 2.45 bits per heavy atom. The molecule has 0 atom stereocenters. The Morgan fingerprint density at radius 2 is 1.82 bits per heavy atom. The molecule has 3 rings (SSSR count). The van der Waals surface area contributed by atoms with Gasteiger partial charge < -0.3 is 9.64 Å². The molecule has 0 unspecified atom stereocenters. The summed E-state index contributed by atoms with van der Waals surface area (Å²) in [6.07, 6.45) is 0.323. The van der Waals surface area contributed by atoms with Crippen molar-refractivity contribution < 1.29 is 17.9 Å². The van der Waals surface area contributed by atoms with E-state index in [2.05, 4.69) is 4.98 Å². The summed E-state index contributed by atoms with van der Waals surface area (Å²) < 4.78 is 31.2. The predicted molar refractivity (Wildman–Crippen MR) is 137 cm³/mol. The SMILES string of the molecule is COc1ccc(Cl)c2sc(N(CCN(C)C)C(=O)CCCS(=O)(=O)c3ccccc3)nc12.Cl. The van der Waals surface area contributed by atoms with Gasteiger partial charge in [-0.15, -0.1) is 12.4 Å². The van der Waals surface area contributed by atoms with E-state index >= 15 is 0 Å². The summed E-state index contributed by atoms with van der Waals surface area (Å²) in [4.78, 5) is 21.6. The third kappa shape index (κ3) is 6.80. The first-order chi connectivity index (χ1) is 15.2. The summed E-state index contributed by atoms with van der Waals surface area (Å²) in [5.41, 5.74) is 0.606. The lowest BCUT2D eigenvalue weighted by Gasteiger charge is -2.22. The van der Waals surface area contributed by atoms with Crippen LogP contribution in [0.1, 0.15) is 12.8 Å². The summed E-state index contributed by atoms with van der Waals surface area (Å²) in [6, 6.07) is 11.8. The standard InChI is InChI=1S/C22H26ClN3O4S2.ClH/c1-25(2)13-14-26(22-24-20-18(30-3)12-11-17(23)21(20)31-22)19(27)10-7-15-32(28,29)16-8-5-4-6-9-16;/h4-6,8-9,11-12H,7,10,13-15H2,1-3H3;1H. The number of benzene rings is 2. The van der Waals surface area contributed by atoms with Gasteiger partial charge in [0.25, 0.3) is 0 Å². The van der Waals surface area contributed by atoms with Gasteiger partial charge in [0.2, 0.25) is 5.91 Å². The quantitative estimate of drug-likeness (QED) is 0.382. The van der Waals surface area contributed by atoms with Crippen LogP contribution in [0.15, 0.2) is 47.4 Å². The monoisotopic (exact) mass is 531 g/mol. The van der Waals surface area contributed by atoms with E-state index < -0.39 is 9.84 Å². The zero-order valence-electron chi connectivity index (χ0n) is 18.7. The molecule has 180 valence electrons. The van der Waals surface area contributed by atoms with E-state index in [0.717, 1.165) is 4.70 Å². The van der Waals surface area contributed by atoms with E-state index in [1.54, 1.807) is 54.5 Å².